The van der Waals surface area contributed by atoms with Crippen molar-refractivity contribution in [1.29, 1.82) is 0 Å². The Morgan fingerprint density at radius 2 is 2.32 bits per heavy atom. The lowest BCUT2D eigenvalue weighted by atomic mass is 10.1. The van der Waals surface area contributed by atoms with Crippen molar-refractivity contribution >= 4 is 0 Å². The van der Waals surface area contributed by atoms with E-state index < -0.39 is 0 Å². The maximum atomic E-state index is 5.92. The molecule has 0 saturated carbocycles. The minimum atomic E-state index is 0.192. The van der Waals surface area contributed by atoms with E-state index in [4.69, 9.17) is 4.74 Å². The Morgan fingerprint density at radius 3 is 2.95 bits per heavy atom. The Hall–Kier alpha value is -1.05. The Morgan fingerprint density at radius 1 is 1.47 bits per heavy atom. The number of rotatable bonds is 6. The van der Waals surface area contributed by atoms with Crippen LogP contribution in [0.5, 0.6) is 0 Å². The molecular weight excluding hydrogens is 244 g/mol. The number of hydrogen-bond donors (Lipinski definition) is 1. The summed E-state index contributed by atoms with van der Waals surface area (Å²) in [4.78, 5) is 3.92. The summed E-state index contributed by atoms with van der Waals surface area (Å²) < 4.78 is 5.92. The average Bonchev–Trinajstić information content (AvgIpc) is 2.84. The highest BCUT2D eigenvalue weighted by Gasteiger charge is 2.28. The van der Waals surface area contributed by atoms with E-state index in [0.29, 0.717) is 0 Å². The Bertz CT molecular complexity index is 382. The number of likely N-dealkylation sites (N-methyl/N-ethyl adjacent to an activating group) is 2. The van der Waals surface area contributed by atoms with Gasteiger partial charge in [0.25, 0.3) is 0 Å². The molecule has 108 valence electrons. The monoisotopic (exact) mass is 268 g/mol. The largest absolute Gasteiger partial charge is 0.374 e. The lowest BCUT2D eigenvalue weighted by Gasteiger charge is -2.36. The molecular formula is C12H24N6O. The molecule has 19 heavy (non-hydrogen) atoms. The van der Waals surface area contributed by atoms with Crippen LogP contribution in [0.25, 0.3) is 0 Å². The summed E-state index contributed by atoms with van der Waals surface area (Å²) in [6, 6.07) is 0.239. The molecule has 1 aromatic heterocycles. The second-order valence-corrected chi connectivity index (χ2v) is 4.87. The maximum Gasteiger partial charge on any atom is 0.176 e. The van der Waals surface area contributed by atoms with Crippen molar-refractivity contribution in [3.05, 3.63) is 5.82 Å². The highest BCUT2D eigenvalue weighted by Crippen LogP contribution is 2.11. The van der Waals surface area contributed by atoms with Crippen LogP contribution in [0.4, 0.5) is 0 Å². The van der Waals surface area contributed by atoms with Crippen LogP contribution in [0.2, 0.25) is 0 Å². The summed E-state index contributed by atoms with van der Waals surface area (Å²) >= 11 is 0. The molecule has 7 nitrogen and oxygen atoms in total. The van der Waals surface area contributed by atoms with Crippen molar-refractivity contribution in [2.45, 2.75) is 32.4 Å². The third-order valence-electron chi connectivity index (χ3n) is 3.49. The van der Waals surface area contributed by atoms with Gasteiger partial charge in [-0.15, -0.1) is 10.2 Å². The molecule has 0 amide bonds. The molecule has 2 rings (SSSR count). The van der Waals surface area contributed by atoms with Gasteiger partial charge in [0, 0.05) is 25.6 Å². The average molecular weight is 268 g/mol. The second-order valence-electron chi connectivity index (χ2n) is 4.87. The van der Waals surface area contributed by atoms with E-state index in [-0.39, 0.29) is 12.1 Å². The number of aryl methyl sites for hydroxylation is 1. The molecule has 0 bridgehead atoms. The molecule has 2 atom stereocenters. The van der Waals surface area contributed by atoms with E-state index in [9.17, 15) is 0 Å². The third kappa shape index (κ3) is 3.95. The zero-order valence-corrected chi connectivity index (χ0v) is 12.0. The van der Waals surface area contributed by atoms with Gasteiger partial charge in [0.15, 0.2) is 5.82 Å². The summed E-state index contributed by atoms with van der Waals surface area (Å²) in [5, 5.41) is 15.7. The topological polar surface area (TPSA) is 68.1 Å². The van der Waals surface area contributed by atoms with Crippen molar-refractivity contribution in [2.24, 2.45) is 7.05 Å². The Labute approximate surface area is 114 Å². The molecule has 0 aliphatic carbocycles. The van der Waals surface area contributed by atoms with Crippen LogP contribution in [-0.2, 0) is 18.2 Å². The molecule has 7 heteroatoms. The molecule has 1 aliphatic rings. The molecule has 2 heterocycles. The summed E-state index contributed by atoms with van der Waals surface area (Å²) in [5.41, 5.74) is 0. The summed E-state index contributed by atoms with van der Waals surface area (Å²) in [6.45, 7) is 9.07. The number of ether oxygens (including phenoxy) is 1. The lowest BCUT2D eigenvalue weighted by Crippen LogP contribution is -2.53. The van der Waals surface area contributed by atoms with E-state index in [1.54, 1.807) is 7.05 Å². The normalized spacial score (nSPS) is 22.6. The SMILES string of the molecule is CCNC(Cc1nnn(C)n1)C1CN(CC)CCO1. The summed E-state index contributed by atoms with van der Waals surface area (Å²) in [5.74, 6) is 0.769. The van der Waals surface area contributed by atoms with E-state index in [1.165, 1.54) is 4.80 Å². The summed E-state index contributed by atoms with van der Waals surface area (Å²) in [7, 11) is 1.79. The van der Waals surface area contributed by atoms with Gasteiger partial charge >= 0.3 is 0 Å². The van der Waals surface area contributed by atoms with Gasteiger partial charge in [-0.25, -0.2) is 0 Å². The number of nitrogens with one attached hydrogen (secondary N) is 1. The van der Waals surface area contributed by atoms with Crippen molar-refractivity contribution in [2.75, 3.05) is 32.8 Å². The van der Waals surface area contributed by atoms with Gasteiger partial charge in [0.2, 0.25) is 0 Å². The third-order valence-corrected chi connectivity index (χ3v) is 3.49. The van der Waals surface area contributed by atoms with Crippen LogP contribution in [0.3, 0.4) is 0 Å². The van der Waals surface area contributed by atoms with E-state index >= 15 is 0 Å². The quantitative estimate of drug-likeness (QED) is 0.747. The molecule has 2 unspecified atom stereocenters. The molecule has 1 aromatic rings. The molecule has 1 N–H and O–H groups in total. The Kier molecular flexibility index (Phi) is 5.24. The summed E-state index contributed by atoms with van der Waals surface area (Å²) in [6.07, 6.45) is 0.946. The van der Waals surface area contributed by atoms with E-state index in [0.717, 1.165) is 45.0 Å². The minimum Gasteiger partial charge on any atom is -0.374 e. The van der Waals surface area contributed by atoms with Crippen molar-refractivity contribution in [3.63, 3.8) is 0 Å². The van der Waals surface area contributed by atoms with Crippen LogP contribution in [-0.4, -0.2) is 70.0 Å². The second kappa shape index (κ2) is 6.93. The lowest BCUT2D eigenvalue weighted by molar-refractivity contribution is -0.0448. The van der Waals surface area contributed by atoms with Gasteiger partial charge in [-0.2, -0.15) is 4.80 Å². The molecule has 1 aliphatic heterocycles. The van der Waals surface area contributed by atoms with Crippen LogP contribution in [0, 0.1) is 0 Å². The Balaban J connectivity index is 1.98. The molecule has 0 radical (unpaired) electrons. The molecule has 1 saturated heterocycles. The first-order chi connectivity index (χ1) is 9.22. The van der Waals surface area contributed by atoms with Crippen LogP contribution in [0.15, 0.2) is 0 Å². The van der Waals surface area contributed by atoms with Crippen LogP contribution < -0.4 is 5.32 Å². The van der Waals surface area contributed by atoms with Gasteiger partial charge in [0.05, 0.1) is 19.8 Å². The van der Waals surface area contributed by atoms with Crippen molar-refractivity contribution < 1.29 is 4.74 Å². The fraction of sp³-hybridized carbons (Fsp3) is 0.917. The van der Waals surface area contributed by atoms with Gasteiger partial charge < -0.3 is 10.1 Å². The van der Waals surface area contributed by atoms with Gasteiger partial charge in [-0.1, -0.05) is 13.8 Å². The zero-order valence-electron chi connectivity index (χ0n) is 12.0. The maximum absolute atomic E-state index is 5.92. The number of hydrogen-bond acceptors (Lipinski definition) is 6. The van der Waals surface area contributed by atoms with Gasteiger partial charge in [-0.3, -0.25) is 4.90 Å². The zero-order chi connectivity index (χ0) is 13.7. The molecule has 0 spiro atoms. The molecule has 0 aromatic carbocycles. The highest BCUT2D eigenvalue weighted by atomic mass is 16.5. The van der Waals surface area contributed by atoms with Crippen molar-refractivity contribution in [1.82, 2.24) is 30.4 Å². The first-order valence-electron chi connectivity index (χ1n) is 7.03. The smallest absolute Gasteiger partial charge is 0.176 e. The molecule has 1 fully saturated rings. The number of morpholine rings is 1. The number of nitrogens with zero attached hydrogens (tertiary/aromatic N) is 5. The van der Waals surface area contributed by atoms with Gasteiger partial charge in [-0.05, 0) is 18.3 Å². The van der Waals surface area contributed by atoms with E-state index in [1.807, 2.05) is 0 Å². The first-order valence-corrected chi connectivity index (χ1v) is 7.03. The van der Waals surface area contributed by atoms with Crippen LogP contribution >= 0.6 is 0 Å². The van der Waals surface area contributed by atoms with Gasteiger partial charge in [0.1, 0.15) is 0 Å². The fourth-order valence-electron chi connectivity index (χ4n) is 2.46. The van der Waals surface area contributed by atoms with Crippen LogP contribution in [0.1, 0.15) is 19.7 Å². The number of aromatic nitrogens is 4. The standard InChI is InChI=1S/C12H24N6O/c1-4-13-10(8-12-14-16-17(3)15-12)11-9-18(5-2)6-7-19-11/h10-11,13H,4-9H2,1-3H3. The predicted molar refractivity (Wildman–Crippen MR) is 71.8 cm³/mol. The van der Waals surface area contributed by atoms with Crippen molar-refractivity contribution in [3.8, 4) is 0 Å². The minimum absolute atomic E-state index is 0.192. The van der Waals surface area contributed by atoms with E-state index in [2.05, 4.69) is 39.5 Å². The highest BCUT2D eigenvalue weighted by molar-refractivity contribution is 4.91. The predicted octanol–water partition coefficient (Wildman–Crippen LogP) is -0.549. The first kappa shape index (κ1) is 14.4. The fourth-order valence-corrected chi connectivity index (χ4v) is 2.46. The number of tetrazole rings is 1.